The van der Waals surface area contributed by atoms with Gasteiger partial charge in [-0.15, -0.1) is 0 Å². The SMILES string of the molecule is COc1cc(CNCCC(C)S(C)=O)cc(OC)c1OC. The van der Waals surface area contributed by atoms with Crippen LogP contribution in [0.15, 0.2) is 12.1 Å². The van der Waals surface area contributed by atoms with Crippen LogP contribution in [-0.4, -0.2) is 43.6 Å². The topological polar surface area (TPSA) is 56.8 Å². The summed E-state index contributed by atoms with van der Waals surface area (Å²) in [6, 6.07) is 3.85. The zero-order chi connectivity index (χ0) is 15.8. The van der Waals surface area contributed by atoms with Crippen molar-refractivity contribution >= 4 is 10.8 Å². The Labute approximate surface area is 129 Å². The van der Waals surface area contributed by atoms with E-state index in [4.69, 9.17) is 14.2 Å². The highest BCUT2D eigenvalue weighted by Crippen LogP contribution is 2.38. The maximum absolute atomic E-state index is 11.3. The zero-order valence-electron chi connectivity index (χ0n) is 13.4. The molecular weight excluding hydrogens is 290 g/mol. The minimum atomic E-state index is -0.769. The smallest absolute Gasteiger partial charge is 0.203 e. The van der Waals surface area contributed by atoms with Crippen molar-refractivity contribution in [2.24, 2.45) is 0 Å². The van der Waals surface area contributed by atoms with Crippen LogP contribution in [0.1, 0.15) is 18.9 Å². The van der Waals surface area contributed by atoms with Crippen molar-refractivity contribution in [2.45, 2.75) is 25.1 Å². The number of hydrogen-bond acceptors (Lipinski definition) is 5. The third-order valence-corrected chi connectivity index (χ3v) is 4.72. The van der Waals surface area contributed by atoms with Crippen molar-refractivity contribution in [3.05, 3.63) is 17.7 Å². The molecule has 0 amide bonds. The van der Waals surface area contributed by atoms with Gasteiger partial charge in [0.2, 0.25) is 5.75 Å². The molecular formula is C15H25NO4S. The molecule has 2 unspecified atom stereocenters. The van der Waals surface area contributed by atoms with Crippen LogP contribution in [-0.2, 0) is 17.3 Å². The molecule has 0 bridgehead atoms. The first-order valence-corrected chi connectivity index (χ1v) is 8.47. The van der Waals surface area contributed by atoms with Crippen molar-refractivity contribution in [3.63, 3.8) is 0 Å². The number of benzene rings is 1. The van der Waals surface area contributed by atoms with Crippen LogP contribution in [0.2, 0.25) is 0 Å². The summed E-state index contributed by atoms with van der Waals surface area (Å²) in [7, 11) is 4.03. The summed E-state index contributed by atoms with van der Waals surface area (Å²) in [4.78, 5) is 0. The molecule has 0 spiro atoms. The van der Waals surface area contributed by atoms with Crippen molar-refractivity contribution in [2.75, 3.05) is 34.1 Å². The van der Waals surface area contributed by atoms with Gasteiger partial charge in [0.25, 0.3) is 0 Å². The lowest BCUT2D eigenvalue weighted by Gasteiger charge is -2.15. The van der Waals surface area contributed by atoms with Crippen LogP contribution in [0.25, 0.3) is 0 Å². The van der Waals surface area contributed by atoms with Gasteiger partial charge in [0.05, 0.1) is 21.3 Å². The molecule has 0 radical (unpaired) electrons. The van der Waals surface area contributed by atoms with Gasteiger partial charge in [0.15, 0.2) is 11.5 Å². The molecule has 0 saturated carbocycles. The van der Waals surface area contributed by atoms with E-state index >= 15 is 0 Å². The van der Waals surface area contributed by atoms with Gasteiger partial charge in [-0.05, 0) is 30.7 Å². The lowest BCUT2D eigenvalue weighted by atomic mass is 10.1. The standard InChI is InChI=1S/C15H25NO4S/c1-11(21(5)17)6-7-16-10-12-8-13(18-2)15(20-4)14(9-12)19-3/h8-9,11,16H,6-7,10H2,1-5H3. The summed E-state index contributed by atoms with van der Waals surface area (Å²) in [6.45, 7) is 3.51. The summed E-state index contributed by atoms with van der Waals surface area (Å²) in [5.41, 5.74) is 1.05. The Morgan fingerprint density at radius 3 is 2.14 bits per heavy atom. The van der Waals surface area contributed by atoms with Crippen LogP contribution >= 0.6 is 0 Å². The number of hydrogen-bond donors (Lipinski definition) is 1. The summed E-state index contributed by atoms with van der Waals surface area (Å²) in [5.74, 6) is 1.90. The number of ether oxygens (including phenoxy) is 3. The van der Waals surface area contributed by atoms with Crippen LogP contribution in [0.5, 0.6) is 17.2 Å². The normalized spacial score (nSPS) is 13.6. The molecule has 0 aliphatic rings. The quantitative estimate of drug-likeness (QED) is 0.706. The molecule has 1 aromatic rings. The third-order valence-electron chi connectivity index (χ3n) is 3.35. The van der Waals surface area contributed by atoms with E-state index in [1.165, 1.54) is 0 Å². The molecule has 0 aliphatic carbocycles. The van der Waals surface area contributed by atoms with E-state index in [0.29, 0.717) is 23.8 Å². The molecule has 1 rings (SSSR count). The molecule has 6 heteroatoms. The molecule has 0 saturated heterocycles. The molecule has 1 aromatic carbocycles. The number of methoxy groups -OCH3 is 3. The van der Waals surface area contributed by atoms with Crippen molar-refractivity contribution in [1.82, 2.24) is 5.32 Å². The van der Waals surface area contributed by atoms with E-state index < -0.39 is 10.8 Å². The van der Waals surface area contributed by atoms with Gasteiger partial charge in [0.1, 0.15) is 0 Å². The first kappa shape index (κ1) is 17.8. The summed E-state index contributed by atoms with van der Waals surface area (Å²) < 4.78 is 27.2. The molecule has 2 atom stereocenters. The molecule has 120 valence electrons. The Bertz CT molecular complexity index is 454. The zero-order valence-corrected chi connectivity index (χ0v) is 14.2. The predicted octanol–water partition coefficient (Wildman–Crippen LogP) is 1.96. The van der Waals surface area contributed by atoms with Crippen molar-refractivity contribution < 1.29 is 18.4 Å². The second-order valence-corrected chi connectivity index (χ2v) is 6.61. The minimum Gasteiger partial charge on any atom is -0.493 e. The largest absolute Gasteiger partial charge is 0.493 e. The Morgan fingerprint density at radius 1 is 1.14 bits per heavy atom. The Balaban J connectivity index is 2.65. The molecule has 21 heavy (non-hydrogen) atoms. The average Bonchev–Trinajstić information content (AvgIpc) is 2.49. The molecule has 0 fully saturated rings. The Morgan fingerprint density at radius 2 is 1.71 bits per heavy atom. The highest BCUT2D eigenvalue weighted by molar-refractivity contribution is 7.84. The molecule has 0 aliphatic heterocycles. The average molecular weight is 315 g/mol. The van der Waals surface area contributed by atoms with E-state index in [-0.39, 0.29) is 5.25 Å². The van der Waals surface area contributed by atoms with E-state index in [9.17, 15) is 4.21 Å². The van der Waals surface area contributed by atoms with Crippen LogP contribution in [0.3, 0.4) is 0 Å². The van der Waals surface area contributed by atoms with Gasteiger partial charge in [-0.25, -0.2) is 0 Å². The van der Waals surface area contributed by atoms with Gasteiger partial charge in [-0.2, -0.15) is 0 Å². The van der Waals surface area contributed by atoms with E-state index in [1.807, 2.05) is 19.1 Å². The van der Waals surface area contributed by atoms with Crippen LogP contribution < -0.4 is 19.5 Å². The van der Waals surface area contributed by atoms with Crippen LogP contribution in [0.4, 0.5) is 0 Å². The fourth-order valence-corrected chi connectivity index (χ4v) is 2.39. The lowest BCUT2D eigenvalue weighted by molar-refractivity contribution is 0.323. The van der Waals surface area contributed by atoms with E-state index in [2.05, 4.69) is 5.32 Å². The predicted molar refractivity (Wildman–Crippen MR) is 86.0 cm³/mol. The third kappa shape index (κ3) is 5.21. The van der Waals surface area contributed by atoms with Gasteiger partial charge in [-0.1, -0.05) is 6.92 Å². The van der Waals surface area contributed by atoms with Gasteiger partial charge >= 0.3 is 0 Å². The first-order chi connectivity index (χ1) is 10.0. The van der Waals surface area contributed by atoms with Gasteiger partial charge < -0.3 is 19.5 Å². The summed E-state index contributed by atoms with van der Waals surface area (Å²) in [5, 5.41) is 3.55. The highest BCUT2D eigenvalue weighted by Gasteiger charge is 2.13. The van der Waals surface area contributed by atoms with Crippen molar-refractivity contribution in [3.8, 4) is 17.2 Å². The molecule has 0 heterocycles. The Kier molecular flexibility index (Phi) is 7.53. The fraction of sp³-hybridized carbons (Fsp3) is 0.600. The maximum atomic E-state index is 11.3. The second kappa shape index (κ2) is 8.89. The number of nitrogens with one attached hydrogen (secondary N) is 1. The molecule has 0 aromatic heterocycles. The monoisotopic (exact) mass is 315 g/mol. The lowest BCUT2D eigenvalue weighted by Crippen LogP contribution is -2.21. The van der Waals surface area contributed by atoms with Crippen molar-refractivity contribution in [1.29, 1.82) is 0 Å². The van der Waals surface area contributed by atoms with E-state index in [0.717, 1.165) is 18.5 Å². The fourth-order valence-electron chi connectivity index (χ4n) is 1.94. The molecule has 5 nitrogen and oxygen atoms in total. The maximum Gasteiger partial charge on any atom is 0.203 e. The molecule has 1 N–H and O–H groups in total. The van der Waals surface area contributed by atoms with E-state index in [1.54, 1.807) is 27.6 Å². The van der Waals surface area contributed by atoms with Gasteiger partial charge in [-0.3, -0.25) is 4.21 Å². The van der Waals surface area contributed by atoms with Gasteiger partial charge in [0, 0.05) is 28.9 Å². The number of rotatable bonds is 9. The first-order valence-electron chi connectivity index (χ1n) is 6.85. The van der Waals surface area contributed by atoms with Crippen LogP contribution in [0, 0.1) is 0 Å². The Hall–Kier alpha value is -1.27. The summed E-state index contributed by atoms with van der Waals surface area (Å²) in [6.07, 6.45) is 2.62. The highest BCUT2D eigenvalue weighted by atomic mass is 32.2. The second-order valence-electron chi connectivity index (χ2n) is 4.81. The summed E-state index contributed by atoms with van der Waals surface area (Å²) >= 11 is 0. The minimum absolute atomic E-state index is 0.206.